The van der Waals surface area contributed by atoms with Crippen LogP contribution in [-0.2, 0) is 32.3 Å². The molecule has 0 saturated carbocycles. The molecule has 1 atom stereocenters. The van der Waals surface area contributed by atoms with Crippen molar-refractivity contribution in [1.29, 1.82) is 0 Å². The lowest BCUT2D eigenvalue weighted by Gasteiger charge is -2.14. The van der Waals surface area contributed by atoms with Crippen molar-refractivity contribution < 1.29 is 28.4 Å². The molecule has 1 aliphatic heterocycles. The molecule has 0 spiro atoms. The lowest BCUT2D eigenvalue weighted by Crippen LogP contribution is -2.16. The van der Waals surface area contributed by atoms with Gasteiger partial charge in [0.05, 0.1) is 13.2 Å². The molecule has 0 saturated heterocycles. The summed E-state index contributed by atoms with van der Waals surface area (Å²) in [6.07, 6.45) is -0.692. The Balaban J connectivity index is 0.000000967. The Labute approximate surface area is 207 Å². The number of nitrogens with one attached hydrogen (secondary N) is 1. The molecule has 1 aliphatic rings. The topological polar surface area (TPSA) is 108 Å². The van der Waals surface area contributed by atoms with Crippen LogP contribution in [-0.4, -0.2) is 17.4 Å². The van der Waals surface area contributed by atoms with E-state index in [9.17, 15) is 4.79 Å². The SMILES string of the molecule is Cc1noc(-c2ccc(-c3ccc4c(c3)COC4)cc2)c1NC(=O)OC(C)c1ccccc1.O=C=O. The number of anilines is 1. The van der Waals surface area contributed by atoms with E-state index < -0.39 is 6.09 Å². The third kappa shape index (κ3) is 5.58. The van der Waals surface area contributed by atoms with Gasteiger partial charge in [0.15, 0.2) is 5.76 Å². The maximum atomic E-state index is 12.5. The van der Waals surface area contributed by atoms with Gasteiger partial charge in [0.1, 0.15) is 17.5 Å². The first-order valence-corrected chi connectivity index (χ1v) is 11.3. The van der Waals surface area contributed by atoms with Crippen molar-refractivity contribution in [3.05, 3.63) is 95.2 Å². The number of amides is 1. The number of nitrogens with zero attached hydrogens (tertiary/aromatic N) is 1. The van der Waals surface area contributed by atoms with Gasteiger partial charge in [-0.05, 0) is 47.7 Å². The molecule has 4 aromatic rings. The molecule has 1 unspecified atom stereocenters. The molecule has 5 rings (SSSR count). The Bertz CT molecular complexity index is 1370. The van der Waals surface area contributed by atoms with Crippen LogP contribution >= 0.6 is 0 Å². The van der Waals surface area contributed by atoms with Gasteiger partial charge in [0.25, 0.3) is 0 Å². The second-order valence-electron chi connectivity index (χ2n) is 8.19. The predicted octanol–water partition coefficient (Wildman–Crippen LogP) is 6.07. The van der Waals surface area contributed by atoms with E-state index in [-0.39, 0.29) is 12.3 Å². The van der Waals surface area contributed by atoms with Crippen molar-refractivity contribution in [2.45, 2.75) is 33.2 Å². The van der Waals surface area contributed by atoms with Gasteiger partial charge in [0, 0.05) is 5.56 Å². The molecule has 3 aromatic carbocycles. The second-order valence-corrected chi connectivity index (χ2v) is 8.19. The van der Waals surface area contributed by atoms with Gasteiger partial charge < -0.3 is 14.0 Å². The summed E-state index contributed by atoms with van der Waals surface area (Å²) in [6.45, 7) is 4.96. The number of fused-ring (bicyclic) bond motifs is 1. The van der Waals surface area contributed by atoms with Crippen molar-refractivity contribution in [2.24, 2.45) is 0 Å². The lowest BCUT2D eigenvalue weighted by molar-refractivity contribution is -0.191. The van der Waals surface area contributed by atoms with Crippen LogP contribution in [0.15, 0.2) is 77.3 Å². The highest BCUT2D eigenvalue weighted by atomic mass is 16.6. The van der Waals surface area contributed by atoms with E-state index in [1.165, 1.54) is 11.1 Å². The standard InChI is InChI=1S/C27H24N2O4.CO2/c1-17-25(28-27(30)32-18(2)19-6-4-3-5-7-19)26(33-29-17)21-10-8-20(9-11-21)22-12-13-23-15-31-16-24(23)14-22;2-1-3/h3-14,18H,15-16H2,1-2H3,(H,28,30);. The largest absolute Gasteiger partial charge is 0.441 e. The maximum absolute atomic E-state index is 12.5. The normalized spacial score (nSPS) is 12.5. The fraction of sp³-hybridized carbons (Fsp3) is 0.179. The highest BCUT2D eigenvalue weighted by Gasteiger charge is 2.20. The van der Waals surface area contributed by atoms with Crippen molar-refractivity contribution in [2.75, 3.05) is 5.32 Å². The molecule has 0 fully saturated rings. The zero-order valence-corrected chi connectivity index (χ0v) is 19.8. The van der Waals surface area contributed by atoms with Gasteiger partial charge in [-0.25, -0.2) is 4.79 Å². The van der Waals surface area contributed by atoms with E-state index in [0.717, 1.165) is 22.3 Å². The number of aromatic nitrogens is 1. The molecule has 1 amide bonds. The quantitative estimate of drug-likeness (QED) is 0.366. The Morgan fingerprint density at radius 2 is 1.58 bits per heavy atom. The average molecular weight is 485 g/mol. The number of hydrogen-bond donors (Lipinski definition) is 1. The smallest absolute Gasteiger partial charge is 0.412 e. The van der Waals surface area contributed by atoms with Crippen LogP contribution in [0.3, 0.4) is 0 Å². The van der Waals surface area contributed by atoms with Gasteiger partial charge in [-0.1, -0.05) is 71.9 Å². The van der Waals surface area contributed by atoms with Crippen LogP contribution in [0.5, 0.6) is 0 Å². The fourth-order valence-electron chi connectivity index (χ4n) is 3.96. The zero-order chi connectivity index (χ0) is 25.5. The molecule has 1 N–H and O–H groups in total. The summed E-state index contributed by atoms with van der Waals surface area (Å²) in [5, 5.41) is 6.85. The Hall–Kier alpha value is -4.52. The summed E-state index contributed by atoms with van der Waals surface area (Å²) >= 11 is 0. The second kappa shape index (κ2) is 11.3. The first kappa shape index (κ1) is 24.6. The molecule has 182 valence electrons. The Morgan fingerprint density at radius 3 is 2.31 bits per heavy atom. The maximum Gasteiger partial charge on any atom is 0.412 e. The molecule has 0 radical (unpaired) electrons. The van der Waals surface area contributed by atoms with E-state index in [1.54, 1.807) is 6.92 Å². The molecular weight excluding hydrogens is 460 g/mol. The van der Waals surface area contributed by atoms with Crippen LogP contribution in [0.2, 0.25) is 0 Å². The number of ether oxygens (including phenoxy) is 2. The van der Waals surface area contributed by atoms with E-state index in [4.69, 9.17) is 23.6 Å². The average Bonchev–Trinajstić information content (AvgIpc) is 3.51. The Morgan fingerprint density at radius 1 is 0.944 bits per heavy atom. The van der Waals surface area contributed by atoms with Crippen molar-refractivity contribution in [3.63, 3.8) is 0 Å². The number of carbonyl (C=O) groups is 1. The molecule has 0 bridgehead atoms. The molecule has 2 heterocycles. The minimum atomic E-state index is -0.559. The zero-order valence-electron chi connectivity index (χ0n) is 19.8. The van der Waals surface area contributed by atoms with Crippen LogP contribution in [0.25, 0.3) is 22.5 Å². The number of rotatable bonds is 5. The Kier molecular flexibility index (Phi) is 7.70. The summed E-state index contributed by atoms with van der Waals surface area (Å²) in [6, 6.07) is 24.0. The van der Waals surface area contributed by atoms with Gasteiger partial charge >= 0.3 is 12.2 Å². The first-order valence-electron chi connectivity index (χ1n) is 11.3. The van der Waals surface area contributed by atoms with Gasteiger partial charge in [-0.15, -0.1) is 0 Å². The summed E-state index contributed by atoms with van der Waals surface area (Å²) in [7, 11) is 0. The molecule has 8 nitrogen and oxygen atoms in total. The van der Waals surface area contributed by atoms with Gasteiger partial charge in [0.2, 0.25) is 0 Å². The van der Waals surface area contributed by atoms with Crippen LogP contribution in [0.1, 0.15) is 35.4 Å². The molecule has 8 heteroatoms. The van der Waals surface area contributed by atoms with E-state index in [1.807, 2.05) is 61.5 Å². The monoisotopic (exact) mass is 484 g/mol. The summed E-state index contributed by atoms with van der Waals surface area (Å²) < 4.78 is 16.6. The third-order valence-corrected chi connectivity index (χ3v) is 5.84. The summed E-state index contributed by atoms with van der Waals surface area (Å²) in [5.41, 5.74) is 7.53. The predicted molar refractivity (Wildman–Crippen MR) is 131 cm³/mol. The van der Waals surface area contributed by atoms with Crippen LogP contribution < -0.4 is 5.32 Å². The fourth-order valence-corrected chi connectivity index (χ4v) is 3.96. The summed E-state index contributed by atoms with van der Waals surface area (Å²) in [4.78, 5) is 28.8. The number of carbonyl (C=O) groups excluding carboxylic acids is 3. The first-order chi connectivity index (χ1) is 17.5. The third-order valence-electron chi connectivity index (χ3n) is 5.84. The van der Waals surface area contributed by atoms with Crippen molar-refractivity contribution in [3.8, 4) is 22.5 Å². The van der Waals surface area contributed by atoms with Crippen LogP contribution in [0, 0.1) is 6.92 Å². The van der Waals surface area contributed by atoms with E-state index >= 15 is 0 Å². The van der Waals surface area contributed by atoms with E-state index in [0.29, 0.717) is 30.4 Å². The van der Waals surface area contributed by atoms with Crippen molar-refractivity contribution >= 4 is 17.9 Å². The van der Waals surface area contributed by atoms with Gasteiger partial charge in [-0.3, -0.25) is 5.32 Å². The van der Waals surface area contributed by atoms with E-state index in [2.05, 4.69) is 28.7 Å². The van der Waals surface area contributed by atoms with Gasteiger partial charge in [-0.2, -0.15) is 9.59 Å². The summed E-state index contributed by atoms with van der Waals surface area (Å²) in [5.74, 6) is 0.491. The molecule has 36 heavy (non-hydrogen) atoms. The molecular formula is C28H24N2O6. The number of benzene rings is 3. The highest BCUT2D eigenvalue weighted by molar-refractivity contribution is 5.91. The number of hydrogen-bond acceptors (Lipinski definition) is 7. The minimum absolute atomic E-state index is 0.250. The molecule has 0 aliphatic carbocycles. The highest BCUT2D eigenvalue weighted by Crippen LogP contribution is 2.34. The minimum Gasteiger partial charge on any atom is -0.441 e. The molecule has 1 aromatic heterocycles. The lowest BCUT2D eigenvalue weighted by atomic mass is 9.99. The van der Waals surface area contributed by atoms with Crippen molar-refractivity contribution in [1.82, 2.24) is 5.16 Å². The van der Waals surface area contributed by atoms with Crippen LogP contribution in [0.4, 0.5) is 10.5 Å². The number of aryl methyl sites for hydroxylation is 1.